The van der Waals surface area contributed by atoms with E-state index in [2.05, 4.69) is 47.3 Å². The SMILES string of the molecule is CC(=O)NCc1cccc(C2OC(CC(=O)NCc3ccccc3Br)C(=O)N(CC(C)(C)C)c3ccc(Cl)cc32)c1. The van der Waals surface area contributed by atoms with Crippen LogP contribution in [0.15, 0.2) is 71.2 Å². The number of nitrogens with one attached hydrogen (secondary N) is 2. The third-order valence-electron chi connectivity index (χ3n) is 6.64. The zero-order chi connectivity index (χ0) is 29.7. The number of hydrogen-bond donors (Lipinski definition) is 2. The Hall–Kier alpha value is -3.20. The van der Waals surface area contributed by atoms with Gasteiger partial charge in [0, 0.05) is 47.3 Å². The highest BCUT2D eigenvalue weighted by Gasteiger charge is 2.39. The van der Waals surface area contributed by atoms with Crippen LogP contribution in [-0.2, 0) is 32.2 Å². The summed E-state index contributed by atoms with van der Waals surface area (Å²) in [7, 11) is 0. The van der Waals surface area contributed by atoms with Crippen molar-refractivity contribution in [3.63, 3.8) is 0 Å². The van der Waals surface area contributed by atoms with E-state index < -0.39 is 12.2 Å². The van der Waals surface area contributed by atoms with E-state index in [0.717, 1.165) is 26.7 Å². The molecule has 0 radical (unpaired) electrons. The second-order valence-corrected chi connectivity index (χ2v) is 12.7. The van der Waals surface area contributed by atoms with Gasteiger partial charge in [0.1, 0.15) is 12.2 Å². The van der Waals surface area contributed by atoms with Gasteiger partial charge in [0.2, 0.25) is 11.8 Å². The van der Waals surface area contributed by atoms with E-state index in [-0.39, 0.29) is 29.6 Å². The van der Waals surface area contributed by atoms with Crippen LogP contribution in [0.25, 0.3) is 0 Å². The van der Waals surface area contributed by atoms with Crippen molar-refractivity contribution in [1.82, 2.24) is 10.6 Å². The first kappa shape index (κ1) is 30.8. The molecule has 0 saturated heterocycles. The summed E-state index contributed by atoms with van der Waals surface area (Å²) in [4.78, 5) is 40.5. The molecule has 2 atom stereocenters. The normalized spacial score (nSPS) is 17.0. The first-order valence-electron chi connectivity index (χ1n) is 13.5. The molecule has 0 saturated carbocycles. The van der Waals surface area contributed by atoms with Crippen LogP contribution in [0.2, 0.25) is 5.02 Å². The molecule has 3 aromatic carbocycles. The number of hydrogen-bond acceptors (Lipinski definition) is 4. The van der Waals surface area contributed by atoms with Crippen molar-refractivity contribution in [3.8, 4) is 0 Å². The van der Waals surface area contributed by atoms with Gasteiger partial charge in [-0.15, -0.1) is 0 Å². The minimum Gasteiger partial charge on any atom is -0.355 e. The Balaban J connectivity index is 1.70. The number of carbonyl (C=O) groups excluding carboxylic acids is 3. The van der Waals surface area contributed by atoms with Crippen LogP contribution in [0.3, 0.4) is 0 Å². The molecule has 1 heterocycles. The van der Waals surface area contributed by atoms with Crippen LogP contribution in [0.5, 0.6) is 0 Å². The quantitative estimate of drug-likeness (QED) is 0.302. The second kappa shape index (κ2) is 13.2. The molecule has 2 N–H and O–H groups in total. The third-order valence-corrected chi connectivity index (χ3v) is 7.65. The number of anilines is 1. The molecular formula is C32H35BrClN3O4. The molecule has 1 aliphatic heterocycles. The number of fused-ring (bicyclic) bond motifs is 1. The molecule has 216 valence electrons. The lowest BCUT2D eigenvalue weighted by Gasteiger charge is -2.31. The molecule has 3 amide bonds. The maximum atomic E-state index is 14.1. The van der Waals surface area contributed by atoms with E-state index in [1.54, 1.807) is 11.0 Å². The molecule has 0 aromatic heterocycles. The number of halogens is 2. The summed E-state index contributed by atoms with van der Waals surface area (Å²) in [5.41, 5.74) is 3.82. The number of ether oxygens (including phenoxy) is 1. The van der Waals surface area contributed by atoms with Crippen molar-refractivity contribution in [3.05, 3.63) is 98.5 Å². The van der Waals surface area contributed by atoms with Crippen LogP contribution >= 0.6 is 27.5 Å². The Bertz CT molecular complexity index is 1440. The summed E-state index contributed by atoms with van der Waals surface area (Å²) >= 11 is 9.98. The molecule has 2 unspecified atom stereocenters. The third kappa shape index (κ3) is 8.18. The number of benzene rings is 3. The van der Waals surface area contributed by atoms with Crippen molar-refractivity contribution in [2.75, 3.05) is 11.4 Å². The van der Waals surface area contributed by atoms with Crippen LogP contribution < -0.4 is 15.5 Å². The summed E-state index contributed by atoms with van der Waals surface area (Å²) in [6.45, 7) is 8.75. The average Bonchev–Trinajstić information content (AvgIpc) is 3.01. The summed E-state index contributed by atoms with van der Waals surface area (Å²) < 4.78 is 7.45. The Labute approximate surface area is 254 Å². The molecule has 1 aliphatic rings. The lowest BCUT2D eigenvalue weighted by Crippen LogP contribution is -2.45. The molecule has 4 rings (SSSR count). The van der Waals surface area contributed by atoms with Crippen LogP contribution in [0.1, 0.15) is 62.5 Å². The van der Waals surface area contributed by atoms with Gasteiger partial charge >= 0.3 is 0 Å². The van der Waals surface area contributed by atoms with Gasteiger partial charge in [0.15, 0.2) is 0 Å². The lowest BCUT2D eigenvalue weighted by molar-refractivity contribution is -0.138. The zero-order valence-electron chi connectivity index (χ0n) is 23.7. The minimum absolute atomic E-state index is 0.129. The molecule has 0 spiro atoms. The van der Waals surface area contributed by atoms with Crippen molar-refractivity contribution >= 4 is 50.9 Å². The maximum Gasteiger partial charge on any atom is 0.256 e. The standard InChI is InChI=1S/C32H35BrClN3O4/c1-20(38)35-17-21-8-7-10-22(14-21)30-25-15-24(34)12-13-27(25)37(19-32(2,3)4)31(40)28(41-30)16-29(39)36-18-23-9-5-6-11-26(23)33/h5-15,28,30H,16-19H2,1-4H3,(H,35,38)(H,36,39). The highest BCUT2D eigenvalue weighted by atomic mass is 79.9. The summed E-state index contributed by atoms with van der Waals surface area (Å²) in [5.74, 6) is -0.705. The average molecular weight is 641 g/mol. The molecule has 9 heteroatoms. The smallest absolute Gasteiger partial charge is 0.256 e. The zero-order valence-corrected chi connectivity index (χ0v) is 26.0. The monoisotopic (exact) mass is 639 g/mol. The summed E-state index contributed by atoms with van der Waals surface area (Å²) in [6, 6.07) is 20.7. The molecule has 0 bridgehead atoms. The Morgan fingerprint density at radius 1 is 1.00 bits per heavy atom. The van der Waals surface area contributed by atoms with Gasteiger partial charge in [-0.3, -0.25) is 14.4 Å². The van der Waals surface area contributed by atoms with E-state index in [0.29, 0.717) is 30.3 Å². The predicted molar refractivity (Wildman–Crippen MR) is 165 cm³/mol. The first-order chi connectivity index (χ1) is 19.4. The highest BCUT2D eigenvalue weighted by molar-refractivity contribution is 9.10. The van der Waals surface area contributed by atoms with Gasteiger partial charge in [-0.2, -0.15) is 0 Å². The maximum absolute atomic E-state index is 14.1. The molecule has 7 nitrogen and oxygen atoms in total. The van der Waals surface area contributed by atoms with Gasteiger partial charge in [-0.1, -0.05) is 90.8 Å². The van der Waals surface area contributed by atoms with E-state index >= 15 is 0 Å². The van der Waals surface area contributed by atoms with Crippen molar-refractivity contribution in [2.45, 2.75) is 59.4 Å². The van der Waals surface area contributed by atoms with Gasteiger partial charge in [0.05, 0.1) is 6.42 Å². The molecule has 0 aliphatic carbocycles. The van der Waals surface area contributed by atoms with E-state index in [4.69, 9.17) is 16.3 Å². The molecule has 41 heavy (non-hydrogen) atoms. The number of rotatable bonds is 8. The Morgan fingerprint density at radius 2 is 1.76 bits per heavy atom. The van der Waals surface area contributed by atoms with Crippen LogP contribution in [0, 0.1) is 5.41 Å². The molecular weight excluding hydrogens is 606 g/mol. The topological polar surface area (TPSA) is 87.7 Å². The largest absolute Gasteiger partial charge is 0.355 e. The van der Waals surface area contributed by atoms with Gasteiger partial charge in [-0.05, 0) is 46.4 Å². The molecule has 3 aromatic rings. The lowest BCUT2D eigenvalue weighted by atomic mass is 9.94. The fourth-order valence-corrected chi connectivity index (χ4v) is 5.37. The number of nitrogens with zero attached hydrogens (tertiary/aromatic N) is 1. The van der Waals surface area contributed by atoms with Gasteiger partial charge in [0.25, 0.3) is 5.91 Å². The molecule has 0 fully saturated rings. The summed E-state index contributed by atoms with van der Waals surface area (Å²) in [5, 5.41) is 6.26. The van der Waals surface area contributed by atoms with Gasteiger partial charge < -0.3 is 20.3 Å². The Kier molecular flexibility index (Phi) is 9.89. The van der Waals surface area contributed by atoms with E-state index in [1.807, 2.05) is 60.7 Å². The minimum atomic E-state index is -1.04. The fourth-order valence-electron chi connectivity index (χ4n) is 4.77. The van der Waals surface area contributed by atoms with Crippen molar-refractivity contribution in [2.24, 2.45) is 5.41 Å². The highest BCUT2D eigenvalue weighted by Crippen LogP contribution is 2.41. The summed E-state index contributed by atoms with van der Waals surface area (Å²) in [6.07, 6.45) is -1.85. The number of amides is 3. The van der Waals surface area contributed by atoms with E-state index in [1.165, 1.54) is 6.92 Å². The van der Waals surface area contributed by atoms with E-state index in [9.17, 15) is 14.4 Å². The second-order valence-electron chi connectivity index (χ2n) is 11.4. The first-order valence-corrected chi connectivity index (χ1v) is 14.7. The van der Waals surface area contributed by atoms with Crippen LogP contribution in [-0.4, -0.2) is 30.4 Å². The van der Waals surface area contributed by atoms with Crippen LogP contribution in [0.4, 0.5) is 5.69 Å². The predicted octanol–water partition coefficient (Wildman–Crippen LogP) is 6.31. The van der Waals surface area contributed by atoms with Crippen molar-refractivity contribution < 1.29 is 19.1 Å². The van der Waals surface area contributed by atoms with Crippen molar-refractivity contribution in [1.29, 1.82) is 0 Å². The fraction of sp³-hybridized carbons (Fsp3) is 0.344. The van der Waals surface area contributed by atoms with Gasteiger partial charge in [-0.25, -0.2) is 0 Å². The number of carbonyl (C=O) groups is 3. The Morgan fingerprint density at radius 3 is 2.46 bits per heavy atom.